The van der Waals surface area contributed by atoms with E-state index in [1.807, 2.05) is 17.7 Å². The molecule has 1 aromatic carbocycles. The van der Waals surface area contributed by atoms with Gasteiger partial charge in [-0.25, -0.2) is 14.1 Å². The molecular formula is C23H22FN5O2. The van der Waals surface area contributed by atoms with Crippen LogP contribution in [0.5, 0.6) is 0 Å². The van der Waals surface area contributed by atoms with Crippen molar-refractivity contribution in [3.8, 4) is 11.3 Å². The van der Waals surface area contributed by atoms with Crippen LogP contribution in [0.3, 0.4) is 0 Å². The number of hydrogen-bond donors (Lipinski definition) is 1. The first kappa shape index (κ1) is 19.4. The van der Waals surface area contributed by atoms with Crippen LogP contribution in [0.25, 0.3) is 22.4 Å². The molecule has 0 radical (unpaired) electrons. The molecule has 3 aromatic heterocycles. The summed E-state index contributed by atoms with van der Waals surface area (Å²) in [5, 5.41) is 12.2. The first-order chi connectivity index (χ1) is 15.0. The number of pyridine rings is 1. The second kappa shape index (κ2) is 7.61. The quantitative estimate of drug-likeness (QED) is 0.491. The number of rotatable bonds is 4. The summed E-state index contributed by atoms with van der Waals surface area (Å²) in [4.78, 5) is 17.8. The zero-order valence-corrected chi connectivity index (χ0v) is 17.4. The Morgan fingerprint density at radius 3 is 2.61 bits per heavy atom. The Hall–Kier alpha value is -3.55. The third-order valence-electron chi connectivity index (χ3n) is 5.71. The highest BCUT2D eigenvalue weighted by molar-refractivity contribution is 6.14. The van der Waals surface area contributed by atoms with Crippen molar-refractivity contribution >= 4 is 22.8 Å². The Kier molecular flexibility index (Phi) is 4.77. The highest BCUT2D eigenvalue weighted by Crippen LogP contribution is 2.33. The summed E-state index contributed by atoms with van der Waals surface area (Å²) < 4.78 is 20.7. The standard InChI is InChI=1S/C23H22FN5O2/c1-13-11-18(20-21(28-31-23(20)25-13)15-7-9-16(24)10-8-15)22(30)26-19-12-14(2)27-29(19)17-5-3-4-6-17/h7-12,17H,3-6H2,1-2H3,(H,26,30). The van der Waals surface area contributed by atoms with Gasteiger partial charge >= 0.3 is 0 Å². The maximum absolute atomic E-state index is 13.4. The first-order valence-electron chi connectivity index (χ1n) is 10.4. The molecule has 0 aliphatic heterocycles. The number of nitrogens with zero attached hydrogens (tertiary/aromatic N) is 4. The highest BCUT2D eigenvalue weighted by atomic mass is 19.1. The van der Waals surface area contributed by atoms with E-state index in [0.29, 0.717) is 39.8 Å². The first-order valence-corrected chi connectivity index (χ1v) is 10.4. The number of aromatic nitrogens is 4. The van der Waals surface area contributed by atoms with E-state index < -0.39 is 0 Å². The molecule has 0 saturated heterocycles. The summed E-state index contributed by atoms with van der Waals surface area (Å²) in [5.41, 5.74) is 3.26. The highest BCUT2D eigenvalue weighted by Gasteiger charge is 2.24. The van der Waals surface area contributed by atoms with Gasteiger partial charge in [-0.3, -0.25) is 4.79 Å². The van der Waals surface area contributed by atoms with Crippen molar-refractivity contribution in [1.82, 2.24) is 19.9 Å². The van der Waals surface area contributed by atoms with Gasteiger partial charge in [0.2, 0.25) is 0 Å². The molecule has 3 heterocycles. The molecule has 0 unspecified atom stereocenters. The molecule has 5 rings (SSSR count). The van der Waals surface area contributed by atoms with Crippen molar-refractivity contribution in [2.24, 2.45) is 0 Å². The summed E-state index contributed by atoms with van der Waals surface area (Å²) in [6, 6.07) is 9.80. The fourth-order valence-corrected chi connectivity index (χ4v) is 4.28. The molecule has 1 aliphatic rings. The van der Waals surface area contributed by atoms with Gasteiger partial charge in [0.1, 0.15) is 17.3 Å². The Labute approximate surface area is 178 Å². The number of fused-ring (bicyclic) bond motifs is 1. The minimum absolute atomic E-state index is 0.268. The summed E-state index contributed by atoms with van der Waals surface area (Å²) in [7, 11) is 0. The van der Waals surface area contributed by atoms with Crippen molar-refractivity contribution in [2.75, 3.05) is 5.32 Å². The monoisotopic (exact) mass is 419 g/mol. The van der Waals surface area contributed by atoms with E-state index >= 15 is 0 Å². The van der Waals surface area contributed by atoms with Gasteiger partial charge < -0.3 is 9.84 Å². The van der Waals surface area contributed by atoms with Crippen LogP contribution in [0, 0.1) is 19.7 Å². The average Bonchev–Trinajstić information content (AvgIpc) is 3.48. The van der Waals surface area contributed by atoms with E-state index in [-0.39, 0.29) is 17.4 Å². The second-order valence-electron chi connectivity index (χ2n) is 8.04. The number of anilines is 1. The average molecular weight is 419 g/mol. The molecule has 0 spiro atoms. The van der Waals surface area contributed by atoms with Gasteiger partial charge in [0.05, 0.1) is 22.7 Å². The lowest BCUT2D eigenvalue weighted by molar-refractivity contribution is 0.102. The predicted octanol–water partition coefficient (Wildman–Crippen LogP) is 5.21. The summed E-state index contributed by atoms with van der Waals surface area (Å²) in [6.07, 6.45) is 4.46. The molecule has 0 bridgehead atoms. The third-order valence-corrected chi connectivity index (χ3v) is 5.71. The van der Waals surface area contributed by atoms with Gasteiger partial charge in [-0.2, -0.15) is 5.10 Å². The van der Waals surface area contributed by atoms with Crippen molar-refractivity contribution in [3.63, 3.8) is 0 Å². The zero-order valence-electron chi connectivity index (χ0n) is 17.4. The summed E-state index contributed by atoms with van der Waals surface area (Å²) in [5.74, 6) is 0.0389. The van der Waals surface area contributed by atoms with E-state index in [1.54, 1.807) is 25.1 Å². The number of amides is 1. The number of hydrogen-bond acceptors (Lipinski definition) is 5. The van der Waals surface area contributed by atoms with Crippen LogP contribution in [-0.4, -0.2) is 25.8 Å². The van der Waals surface area contributed by atoms with E-state index in [9.17, 15) is 9.18 Å². The van der Waals surface area contributed by atoms with Crippen molar-refractivity contribution in [1.29, 1.82) is 0 Å². The van der Waals surface area contributed by atoms with E-state index in [2.05, 4.69) is 20.6 Å². The van der Waals surface area contributed by atoms with Crippen LogP contribution in [0.15, 0.2) is 40.9 Å². The minimum Gasteiger partial charge on any atom is -0.335 e. The van der Waals surface area contributed by atoms with Gasteiger partial charge in [-0.15, -0.1) is 0 Å². The molecule has 0 atom stereocenters. The van der Waals surface area contributed by atoms with Crippen LogP contribution in [0.4, 0.5) is 10.2 Å². The molecule has 1 fully saturated rings. The van der Waals surface area contributed by atoms with Crippen LogP contribution in [0.1, 0.15) is 53.5 Å². The Morgan fingerprint density at radius 2 is 1.87 bits per heavy atom. The fourth-order valence-electron chi connectivity index (χ4n) is 4.28. The smallest absolute Gasteiger partial charge is 0.259 e. The number of nitrogens with one attached hydrogen (secondary N) is 1. The maximum atomic E-state index is 13.4. The molecule has 7 nitrogen and oxygen atoms in total. The molecule has 1 aliphatic carbocycles. The minimum atomic E-state index is -0.348. The Morgan fingerprint density at radius 1 is 1.13 bits per heavy atom. The van der Waals surface area contributed by atoms with E-state index in [1.165, 1.54) is 25.0 Å². The van der Waals surface area contributed by atoms with Crippen molar-refractivity contribution < 1.29 is 13.7 Å². The Balaban J connectivity index is 1.56. The molecule has 1 N–H and O–H groups in total. The molecular weight excluding hydrogens is 397 g/mol. The molecule has 31 heavy (non-hydrogen) atoms. The van der Waals surface area contributed by atoms with Gasteiger partial charge in [-0.1, -0.05) is 18.0 Å². The number of aryl methyl sites for hydroxylation is 2. The van der Waals surface area contributed by atoms with Gasteiger partial charge in [-0.05, 0) is 57.0 Å². The summed E-state index contributed by atoms with van der Waals surface area (Å²) in [6.45, 7) is 3.71. The summed E-state index contributed by atoms with van der Waals surface area (Å²) >= 11 is 0. The number of carbonyl (C=O) groups excluding carboxylic acids is 1. The van der Waals surface area contributed by atoms with E-state index in [0.717, 1.165) is 18.5 Å². The van der Waals surface area contributed by atoms with Crippen molar-refractivity contribution in [2.45, 2.75) is 45.6 Å². The normalized spacial score (nSPS) is 14.4. The lowest BCUT2D eigenvalue weighted by Gasteiger charge is -2.15. The topological polar surface area (TPSA) is 85.8 Å². The number of halogens is 1. The van der Waals surface area contributed by atoms with Gasteiger partial charge in [0.25, 0.3) is 11.6 Å². The molecule has 8 heteroatoms. The lowest BCUT2D eigenvalue weighted by atomic mass is 10.0. The zero-order chi connectivity index (χ0) is 21.5. The lowest BCUT2D eigenvalue weighted by Crippen LogP contribution is -2.18. The largest absolute Gasteiger partial charge is 0.335 e. The van der Waals surface area contributed by atoms with Crippen LogP contribution in [0.2, 0.25) is 0 Å². The SMILES string of the molecule is Cc1cc(C(=O)Nc2cc(C)nn2C2CCCC2)c2c(-c3ccc(F)cc3)noc2n1. The second-order valence-corrected chi connectivity index (χ2v) is 8.04. The maximum Gasteiger partial charge on any atom is 0.259 e. The van der Waals surface area contributed by atoms with Crippen molar-refractivity contribution in [3.05, 3.63) is 59.2 Å². The molecule has 158 valence electrons. The third kappa shape index (κ3) is 3.58. The van der Waals surface area contributed by atoms with Crippen LogP contribution in [-0.2, 0) is 0 Å². The van der Waals surface area contributed by atoms with Crippen LogP contribution < -0.4 is 5.32 Å². The van der Waals surface area contributed by atoms with Gasteiger partial charge in [0, 0.05) is 17.3 Å². The molecule has 4 aromatic rings. The molecule has 1 saturated carbocycles. The number of carbonyl (C=O) groups is 1. The molecule has 1 amide bonds. The fraction of sp³-hybridized carbons (Fsp3) is 0.304. The predicted molar refractivity (Wildman–Crippen MR) is 114 cm³/mol. The number of benzene rings is 1. The Bertz CT molecular complexity index is 1270. The van der Waals surface area contributed by atoms with E-state index in [4.69, 9.17) is 4.52 Å². The van der Waals surface area contributed by atoms with Gasteiger partial charge in [0.15, 0.2) is 0 Å². The van der Waals surface area contributed by atoms with Crippen LogP contribution >= 0.6 is 0 Å².